The van der Waals surface area contributed by atoms with Crippen LogP contribution in [-0.4, -0.2) is 40.8 Å². The number of aliphatic hydroxyl groups is 1. The second-order valence-corrected chi connectivity index (χ2v) is 5.24. The molecule has 5 heteroatoms. The van der Waals surface area contributed by atoms with E-state index in [1.54, 1.807) is 6.92 Å². The van der Waals surface area contributed by atoms with Crippen LogP contribution in [0.4, 0.5) is 4.79 Å². The Morgan fingerprint density at radius 3 is 2.61 bits per heavy atom. The molecule has 0 spiro atoms. The summed E-state index contributed by atoms with van der Waals surface area (Å²) in [5.41, 5.74) is 0. The topological polar surface area (TPSA) is 66.8 Å². The fourth-order valence-corrected chi connectivity index (χ4v) is 2.11. The highest BCUT2D eigenvalue weighted by molar-refractivity contribution is 5.94. The van der Waals surface area contributed by atoms with Crippen molar-refractivity contribution in [3.63, 3.8) is 0 Å². The third kappa shape index (κ3) is 3.02. The number of hydrogen-bond acceptors (Lipinski definition) is 4. The highest BCUT2D eigenvalue weighted by Crippen LogP contribution is 2.23. The summed E-state index contributed by atoms with van der Waals surface area (Å²) >= 11 is 0. The van der Waals surface area contributed by atoms with Gasteiger partial charge in [0.05, 0.1) is 18.1 Å². The van der Waals surface area contributed by atoms with Gasteiger partial charge in [-0.1, -0.05) is 34.1 Å². The summed E-state index contributed by atoms with van der Waals surface area (Å²) in [5, 5.41) is 9.86. The molecule has 0 aromatic carbocycles. The lowest BCUT2D eigenvalue weighted by Crippen LogP contribution is -2.46. The highest BCUT2D eigenvalue weighted by Gasteiger charge is 2.42. The van der Waals surface area contributed by atoms with Crippen LogP contribution >= 0.6 is 0 Å². The summed E-state index contributed by atoms with van der Waals surface area (Å²) in [7, 11) is 0. The van der Waals surface area contributed by atoms with E-state index in [9.17, 15) is 14.7 Å². The van der Waals surface area contributed by atoms with Crippen molar-refractivity contribution < 1.29 is 19.4 Å². The van der Waals surface area contributed by atoms with Gasteiger partial charge in [0, 0.05) is 0 Å². The fourth-order valence-electron chi connectivity index (χ4n) is 2.11. The lowest BCUT2D eigenvalue weighted by atomic mass is 9.97. The minimum atomic E-state index is -0.705. The first-order valence-electron chi connectivity index (χ1n) is 6.58. The zero-order valence-electron chi connectivity index (χ0n) is 11.5. The molecule has 1 aliphatic heterocycles. The standard InChI is InChI=1S/C13H23NO4/c1-5-6-11(15)9(4)12(16)14-10(8(2)3)7-18-13(14)17/h8-11,15H,5-7H2,1-4H3/t9-,10+,11+/m0/s1. The molecule has 0 saturated carbocycles. The van der Waals surface area contributed by atoms with Gasteiger partial charge in [0.25, 0.3) is 0 Å². The van der Waals surface area contributed by atoms with Gasteiger partial charge in [0.1, 0.15) is 6.61 Å². The third-order valence-electron chi connectivity index (χ3n) is 3.46. The average Bonchev–Trinajstić information content (AvgIpc) is 2.69. The van der Waals surface area contributed by atoms with Gasteiger partial charge in [-0.15, -0.1) is 0 Å². The van der Waals surface area contributed by atoms with E-state index < -0.39 is 18.1 Å². The Balaban J connectivity index is 2.77. The van der Waals surface area contributed by atoms with Crippen LogP contribution in [0, 0.1) is 11.8 Å². The van der Waals surface area contributed by atoms with Crippen molar-refractivity contribution in [3.05, 3.63) is 0 Å². The normalized spacial score (nSPS) is 23.1. The van der Waals surface area contributed by atoms with Gasteiger partial charge >= 0.3 is 6.09 Å². The summed E-state index contributed by atoms with van der Waals surface area (Å²) in [6.45, 7) is 7.74. The molecule has 1 rings (SSSR count). The number of carbonyl (C=O) groups excluding carboxylic acids is 2. The number of rotatable bonds is 5. The third-order valence-corrected chi connectivity index (χ3v) is 3.46. The molecule has 1 fully saturated rings. The van der Waals surface area contributed by atoms with Crippen LogP contribution in [0.3, 0.4) is 0 Å². The fraction of sp³-hybridized carbons (Fsp3) is 0.846. The van der Waals surface area contributed by atoms with Crippen molar-refractivity contribution in [2.75, 3.05) is 6.61 Å². The first-order chi connectivity index (χ1) is 8.40. The molecular weight excluding hydrogens is 234 g/mol. The maximum Gasteiger partial charge on any atom is 0.416 e. The molecule has 1 N–H and O–H groups in total. The predicted molar refractivity (Wildman–Crippen MR) is 66.9 cm³/mol. The average molecular weight is 257 g/mol. The summed E-state index contributed by atoms with van der Waals surface area (Å²) < 4.78 is 4.93. The smallest absolute Gasteiger partial charge is 0.416 e. The van der Waals surface area contributed by atoms with Gasteiger partial charge in [-0.05, 0) is 12.3 Å². The van der Waals surface area contributed by atoms with Crippen LogP contribution < -0.4 is 0 Å². The minimum Gasteiger partial charge on any atom is -0.447 e. The first kappa shape index (κ1) is 15.0. The molecule has 0 radical (unpaired) electrons. The van der Waals surface area contributed by atoms with E-state index in [1.165, 1.54) is 4.90 Å². The van der Waals surface area contributed by atoms with Crippen molar-refractivity contribution in [2.45, 2.75) is 52.7 Å². The maximum absolute atomic E-state index is 12.3. The molecule has 18 heavy (non-hydrogen) atoms. The molecule has 0 aliphatic carbocycles. The Kier molecular flexibility index (Phi) is 5.14. The number of carbonyl (C=O) groups is 2. The van der Waals surface area contributed by atoms with Crippen LogP contribution in [-0.2, 0) is 9.53 Å². The maximum atomic E-state index is 12.3. The molecule has 1 aliphatic rings. The van der Waals surface area contributed by atoms with Crippen LogP contribution in [0.2, 0.25) is 0 Å². The molecule has 0 aromatic rings. The molecule has 0 bridgehead atoms. The number of hydrogen-bond donors (Lipinski definition) is 1. The number of nitrogens with zero attached hydrogens (tertiary/aromatic N) is 1. The Hall–Kier alpha value is -1.10. The quantitative estimate of drug-likeness (QED) is 0.815. The number of aliphatic hydroxyl groups excluding tert-OH is 1. The lowest BCUT2D eigenvalue weighted by Gasteiger charge is -2.27. The monoisotopic (exact) mass is 257 g/mol. The SMILES string of the molecule is CCC[C@@H](O)[C@H](C)C(=O)N1C(=O)OC[C@@H]1C(C)C. The van der Waals surface area contributed by atoms with Gasteiger partial charge in [0.2, 0.25) is 5.91 Å². The number of cyclic esters (lactones) is 1. The number of amides is 2. The van der Waals surface area contributed by atoms with Gasteiger partial charge in [-0.25, -0.2) is 9.69 Å². The Labute approximate surface area is 108 Å². The largest absolute Gasteiger partial charge is 0.447 e. The molecule has 1 saturated heterocycles. The zero-order valence-corrected chi connectivity index (χ0v) is 11.5. The van der Waals surface area contributed by atoms with Crippen molar-refractivity contribution in [2.24, 2.45) is 11.8 Å². The minimum absolute atomic E-state index is 0.149. The van der Waals surface area contributed by atoms with Crippen molar-refractivity contribution >= 4 is 12.0 Å². The molecule has 0 aromatic heterocycles. The number of imide groups is 1. The summed E-state index contributed by atoms with van der Waals surface area (Å²) in [5.74, 6) is -0.759. The first-order valence-corrected chi connectivity index (χ1v) is 6.58. The van der Waals surface area contributed by atoms with E-state index in [-0.39, 0.29) is 24.5 Å². The van der Waals surface area contributed by atoms with Crippen LogP contribution in [0.5, 0.6) is 0 Å². The van der Waals surface area contributed by atoms with Crippen LogP contribution in [0.1, 0.15) is 40.5 Å². The van der Waals surface area contributed by atoms with Crippen LogP contribution in [0.15, 0.2) is 0 Å². The van der Waals surface area contributed by atoms with E-state index in [2.05, 4.69) is 0 Å². The van der Waals surface area contributed by atoms with Gasteiger partial charge in [0.15, 0.2) is 0 Å². The van der Waals surface area contributed by atoms with Gasteiger partial charge < -0.3 is 9.84 Å². The van der Waals surface area contributed by atoms with Gasteiger partial charge in [-0.2, -0.15) is 0 Å². The van der Waals surface area contributed by atoms with Crippen molar-refractivity contribution in [3.8, 4) is 0 Å². The van der Waals surface area contributed by atoms with E-state index >= 15 is 0 Å². The summed E-state index contributed by atoms with van der Waals surface area (Å²) in [6.07, 6.45) is 0.0665. The molecule has 3 atom stereocenters. The molecule has 2 amide bonds. The zero-order chi connectivity index (χ0) is 13.9. The van der Waals surface area contributed by atoms with Gasteiger partial charge in [-0.3, -0.25) is 4.79 Å². The van der Waals surface area contributed by atoms with E-state index in [0.29, 0.717) is 6.42 Å². The number of ether oxygens (including phenoxy) is 1. The Morgan fingerprint density at radius 2 is 2.11 bits per heavy atom. The Bertz CT molecular complexity index is 316. The molecular formula is C13H23NO4. The Morgan fingerprint density at radius 1 is 1.50 bits per heavy atom. The predicted octanol–water partition coefficient (Wildman–Crippen LogP) is 1.79. The summed E-state index contributed by atoms with van der Waals surface area (Å²) in [4.78, 5) is 25.0. The summed E-state index contributed by atoms with van der Waals surface area (Å²) in [6, 6.07) is -0.221. The molecule has 0 unspecified atom stereocenters. The van der Waals surface area contributed by atoms with Crippen molar-refractivity contribution in [1.29, 1.82) is 0 Å². The molecule has 1 heterocycles. The lowest BCUT2D eigenvalue weighted by molar-refractivity contribution is -0.137. The van der Waals surface area contributed by atoms with Crippen molar-refractivity contribution in [1.82, 2.24) is 4.90 Å². The second kappa shape index (κ2) is 6.18. The van der Waals surface area contributed by atoms with Crippen LogP contribution in [0.25, 0.3) is 0 Å². The molecule has 104 valence electrons. The highest BCUT2D eigenvalue weighted by atomic mass is 16.6. The molecule has 5 nitrogen and oxygen atoms in total. The van der Waals surface area contributed by atoms with E-state index in [1.807, 2.05) is 20.8 Å². The van der Waals surface area contributed by atoms with E-state index in [0.717, 1.165) is 6.42 Å². The van der Waals surface area contributed by atoms with E-state index in [4.69, 9.17) is 4.74 Å². The second-order valence-electron chi connectivity index (χ2n) is 5.24.